The molecule has 220 valence electrons. The zero-order valence-corrected chi connectivity index (χ0v) is 24.5. The van der Waals surface area contributed by atoms with Gasteiger partial charge in [-0.15, -0.1) is 0 Å². The SMILES string of the molecule is Cc1ccc(S(=O)(=O)N(CC(=O)N(Cc2ccccc2Cl)[C@@H](C)C(=O)NC(C)C)c2cccc(C(F)(F)F)c2)cc1. The Hall–Kier alpha value is -3.57. The van der Waals surface area contributed by atoms with Crippen molar-refractivity contribution in [2.45, 2.75) is 57.4 Å². The van der Waals surface area contributed by atoms with Crippen LogP contribution in [0.1, 0.15) is 37.5 Å². The van der Waals surface area contributed by atoms with Crippen LogP contribution in [0.5, 0.6) is 0 Å². The summed E-state index contributed by atoms with van der Waals surface area (Å²) in [6.07, 6.45) is -4.75. The third-order valence-electron chi connectivity index (χ3n) is 6.25. The molecule has 2 amide bonds. The average Bonchev–Trinajstić information content (AvgIpc) is 2.90. The molecule has 0 aliphatic carbocycles. The smallest absolute Gasteiger partial charge is 0.352 e. The third-order valence-corrected chi connectivity index (χ3v) is 8.40. The van der Waals surface area contributed by atoms with Crippen LogP contribution >= 0.6 is 11.6 Å². The molecule has 0 aromatic heterocycles. The van der Waals surface area contributed by atoms with Crippen LogP contribution in [-0.2, 0) is 32.3 Å². The number of rotatable bonds is 10. The Morgan fingerprint density at radius 2 is 1.59 bits per heavy atom. The van der Waals surface area contributed by atoms with Crippen molar-refractivity contribution in [3.63, 3.8) is 0 Å². The zero-order valence-electron chi connectivity index (χ0n) is 22.9. The maximum atomic E-state index is 13.9. The van der Waals surface area contributed by atoms with Gasteiger partial charge in [0.2, 0.25) is 11.8 Å². The molecule has 0 saturated heterocycles. The van der Waals surface area contributed by atoms with Crippen LogP contribution in [-0.4, -0.2) is 43.8 Å². The molecule has 1 atom stereocenters. The van der Waals surface area contributed by atoms with Gasteiger partial charge < -0.3 is 10.2 Å². The first kappa shape index (κ1) is 32.0. The molecule has 0 radical (unpaired) electrons. The first-order valence-corrected chi connectivity index (χ1v) is 14.5. The van der Waals surface area contributed by atoms with Crippen molar-refractivity contribution in [1.29, 1.82) is 0 Å². The van der Waals surface area contributed by atoms with E-state index in [1.165, 1.54) is 25.1 Å². The molecular formula is C29H31ClF3N3O4S. The quantitative estimate of drug-likeness (QED) is 0.315. The number of carbonyl (C=O) groups is 2. The van der Waals surface area contributed by atoms with E-state index in [9.17, 15) is 31.2 Å². The molecule has 1 N–H and O–H groups in total. The molecule has 0 aliphatic rings. The number of nitrogens with one attached hydrogen (secondary N) is 1. The van der Waals surface area contributed by atoms with Crippen LogP contribution in [0.4, 0.5) is 18.9 Å². The summed E-state index contributed by atoms with van der Waals surface area (Å²) < 4.78 is 68.9. The Balaban J connectivity index is 2.11. The van der Waals surface area contributed by atoms with Gasteiger partial charge in [0.25, 0.3) is 10.0 Å². The highest BCUT2D eigenvalue weighted by Gasteiger charge is 2.35. The van der Waals surface area contributed by atoms with Crippen LogP contribution in [0.2, 0.25) is 5.02 Å². The lowest BCUT2D eigenvalue weighted by atomic mass is 10.1. The Labute approximate surface area is 243 Å². The second-order valence-electron chi connectivity index (χ2n) is 9.83. The van der Waals surface area contributed by atoms with Crippen LogP contribution < -0.4 is 9.62 Å². The fourth-order valence-corrected chi connectivity index (χ4v) is 5.60. The van der Waals surface area contributed by atoms with E-state index in [1.807, 2.05) is 0 Å². The van der Waals surface area contributed by atoms with Gasteiger partial charge in [-0.1, -0.05) is 53.6 Å². The predicted octanol–water partition coefficient (Wildman–Crippen LogP) is 5.80. The summed E-state index contributed by atoms with van der Waals surface area (Å²) in [7, 11) is -4.52. The molecule has 0 aliphatic heterocycles. The topological polar surface area (TPSA) is 86.8 Å². The van der Waals surface area contributed by atoms with Crippen molar-refractivity contribution in [1.82, 2.24) is 10.2 Å². The van der Waals surface area contributed by atoms with Crippen molar-refractivity contribution in [2.75, 3.05) is 10.8 Å². The summed E-state index contributed by atoms with van der Waals surface area (Å²) in [5.74, 6) is -1.31. The Kier molecular flexibility index (Phi) is 10.1. The first-order valence-electron chi connectivity index (χ1n) is 12.7. The number of sulfonamides is 1. The normalized spacial score (nSPS) is 12.6. The van der Waals surface area contributed by atoms with Crippen molar-refractivity contribution >= 4 is 39.1 Å². The van der Waals surface area contributed by atoms with Crippen LogP contribution in [0, 0.1) is 6.92 Å². The highest BCUT2D eigenvalue weighted by molar-refractivity contribution is 7.92. The van der Waals surface area contributed by atoms with E-state index in [1.54, 1.807) is 57.2 Å². The molecule has 41 heavy (non-hydrogen) atoms. The standard InChI is InChI=1S/C29H31ClF3N3O4S/c1-19(2)34-28(38)21(4)35(17-22-8-5-6-11-26(22)30)27(37)18-36(24-10-7-9-23(16-24)29(31,32)33)41(39,40)25-14-12-20(3)13-15-25/h5-16,19,21H,17-18H2,1-4H3,(H,34,38)/t21-/m0/s1. The third kappa shape index (κ3) is 8.01. The number of anilines is 1. The Bertz CT molecular complexity index is 1500. The number of carbonyl (C=O) groups excluding carboxylic acids is 2. The van der Waals surface area contributed by atoms with Crippen molar-refractivity contribution in [2.24, 2.45) is 0 Å². The van der Waals surface area contributed by atoms with E-state index >= 15 is 0 Å². The average molecular weight is 610 g/mol. The summed E-state index contributed by atoms with van der Waals surface area (Å²) in [4.78, 5) is 27.7. The summed E-state index contributed by atoms with van der Waals surface area (Å²) in [6.45, 7) is 5.70. The number of aryl methyl sites for hydroxylation is 1. The van der Waals surface area contributed by atoms with Gasteiger partial charge in [0.15, 0.2) is 0 Å². The Morgan fingerprint density at radius 3 is 2.17 bits per heavy atom. The molecular weight excluding hydrogens is 579 g/mol. The zero-order chi connectivity index (χ0) is 30.5. The number of halogens is 4. The molecule has 0 spiro atoms. The molecule has 3 aromatic rings. The molecule has 7 nitrogen and oxygen atoms in total. The lowest BCUT2D eigenvalue weighted by molar-refractivity contribution is -0.139. The van der Waals surface area contributed by atoms with Crippen molar-refractivity contribution in [3.05, 3.63) is 94.5 Å². The number of amides is 2. The fraction of sp³-hybridized carbons (Fsp3) is 0.310. The van der Waals surface area contributed by atoms with Gasteiger partial charge in [-0.2, -0.15) is 13.2 Å². The maximum Gasteiger partial charge on any atom is 0.416 e. The number of hydrogen-bond donors (Lipinski definition) is 1. The lowest BCUT2D eigenvalue weighted by Crippen LogP contribution is -2.52. The van der Waals surface area contributed by atoms with Crippen LogP contribution in [0.15, 0.2) is 77.7 Å². The van der Waals surface area contributed by atoms with E-state index in [2.05, 4.69) is 5.32 Å². The first-order chi connectivity index (χ1) is 19.1. The summed E-state index contributed by atoms with van der Waals surface area (Å²) in [5.41, 5.74) is -0.171. The fourth-order valence-electron chi connectivity index (χ4n) is 4.00. The summed E-state index contributed by atoms with van der Waals surface area (Å²) in [6, 6.07) is 14.8. The highest BCUT2D eigenvalue weighted by Crippen LogP contribution is 2.33. The van der Waals surface area contributed by atoms with Gasteiger partial charge in [-0.25, -0.2) is 8.42 Å². The van der Waals surface area contributed by atoms with Crippen molar-refractivity contribution in [3.8, 4) is 0 Å². The predicted molar refractivity (Wildman–Crippen MR) is 152 cm³/mol. The maximum absolute atomic E-state index is 13.9. The molecule has 0 bridgehead atoms. The summed E-state index contributed by atoms with van der Waals surface area (Å²) in [5, 5.41) is 3.05. The molecule has 3 rings (SSSR count). The van der Waals surface area contributed by atoms with Crippen molar-refractivity contribution < 1.29 is 31.2 Å². The number of benzene rings is 3. The van der Waals surface area contributed by atoms with E-state index in [4.69, 9.17) is 11.6 Å². The molecule has 0 unspecified atom stereocenters. The van der Waals surface area contributed by atoms with Gasteiger partial charge in [-0.05, 0) is 69.7 Å². The minimum absolute atomic E-state index is 0.147. The lowest BCUT2D eigenvalue weighted by Gasteiger charge is -2.32. The van der Waals surface area contributed by atoms with Gasteiger partial charge in [-0.3, -0.25) is 13.9 Å². The molecule has 0 fully saturated rings. The largest absolute Gasteiger partial charge is 0.416 e. The van der Waals surface area contributed by atoms with Gasteiger partial charge in [0.1, 0.15) is 12.6 Å². The van der Waals surface area contributed by atoms with Crippen LogP contribution in [0.3, 0.4) is 0 Å². The number of alkyl halides is 3. The summed E-state index contributed by atoms with van der Waals surface area (Å²) >= 11 is 6.32. The highest BCUT2D eigenvalue weighted by atomic mass is 35.5. The Morgan fingerprint density at radius 1 is 0.951 bits per heavy atom. The molecule has 0 heterocycles. The molecule has 0 saturated carbocycles. The second-order valence-corrected chi connectivity index (χ2v) is 12.1. The van der Waals surface area contributed by atoms with E-state index in [-0.39, 0.29) is 23.2 Å². The van der Waals surface area contributed by atoms with Crippen LogP contribution in [0.25, 0.3) is 0 Å². The number of hydrogen-bond acceptors (Lipinski definition) is 4. The van der Waals surface area contributed by atoms with Gasteiger partial charge in [0, 0.05) is 17.6 Å². The van der Waals surface area contributed by atoms with Gasteiger partial charge >= 0.3 is 6.18 Å². The number of nitrogens with zero attached hydrogens (tertiary/aromatic N) is 2. The molecule has 12 heteroatoms. The monoisotopic (exact) mass is 609 g/mol. The van der Waals surface area contributed by atoms with E-state index in [0.29, 0.717) is 21.0 Å². The van der Waals surface area contributed by atoms with Gasteiger partial charge in [0.05, 0.1) is 16.1 Å². The van der Waals surface area contributed by atoms with E-state index in [0.717, 1.165) is 22.6 Å². The van der Waals surface area contributed by atoms with E-state index < -0.39 is 46.2 Å². The minimum atomic E-state index is -4.75. The second kappa shape index (κ2) is 12.9. The molecule has 3 aromatic carbocycles. The minimum Gasteiger partial charge on any atom is -0.352 e.